The summed E-state index contributed by atoms with van der Waals surface area (Å²) >= 11 is 8.43. The number of benzene rings is 1. The molecule has 5 rings (SSSR count). The number of hydrogen-bond acceptors (Lipinski definition) is 8. The highest BCUT2D eigenvalue weighted by atomic mass is 35.5. The predicted octanol–water partition coefficient (Wildman–Crippen LogP) is 4.24. The van der Waals surface area contributed by atoms with Gasteiger partial charge in [-0.15, -0.1) is 11.3 Å². The molecule has 2 aromatic heterocycles. The molecule has 1 amide bonds. The van der Waals surface area contributed by atoms with Crippen LogP contribution in [0, 0.1) is 0 Å². The Morgan fingerprint density at radius 1 is 1.12 bits per heavy atom. The fourth-order valence-electron chi connectivity index (χ4n) is 4.44. The van der Waals surface area contributed by atoms with Gasteiger partial charge in [-0.2, -0.15) is 4.31 Å². The van der Waals surface area contributed by atoms with E-state index in [-0.39, 0.29) is 16.2 Å². The Bertz CT molecular complexity index is 1300. The Kier molecular flexibility index (Phi) is 6.73. The zero-order valence-electron chi connectivity index (χ0n) is 18.5. The SMILES string of the molecule is COc1ccc2nc(OC3CCN(C(=O)C4CCCN4S(=O)(=O)c4ccc(Cl)s4)CC3)sc2c1. The molecule has 0 saturated carbocycles. The van der Waals surface area contributed by atoms with Crippen LogP contribution in [0.3, 0.4) is 0 Å². The van der Waals surface area contributed by atoms with Crippen molar-refractivity contribution in [1.29, 1.82) is 0 Å². The topological polar surface area (TPSA) is 89.0 Å². The lowest BCUT2D eigenvalue weighted by Crippen LogP contribution is -2.50. The van der Waals surface area contributed by atoms with Gasteiger partial charge in [0.25, 0.3) is 15.2 Å². The number of carbonyl (C=O) groups excluding carboxylic acids is 1. The first-order valence-electron chi connectivity index (χ1n) is 11.0. The van der Waals surface area contributed by atoms with Gasteiger partial charge in [-0.05, 0) is 43.2 Å². The lowest BCUT2D eigenvalue weighted by Gasteiger charge is -2.34. The number of ether oxygens (including phenoxy) is 2. The second-order valence-corrected chi connectivity index (χ2v) is 13.1. The Labute approximate surface area is 211 Å². The summed E-state index contributed by atoms with van der Waals surface area (Å²) in [5.41, 5.74) is 0.864. The fraction of sp³-hybridized carbons (Fsp3) is 0.455. The summed E-state index contributed by atoms with van der Waals surface area (Å²) in [5.74, 6) is 0.647. The van der Waals surface area contributed by atoms with Crippen molar-refractivity contribution in [1.82, 2.24) is 14.2 Å². The summed E-state index contributed by atoms with van der Waals surface area (Å²) in [6.07, 6.45) is 2.50. The van der Waals surface area contributed by atoms with Crippen LogP contribution in [0.5, 0.6) is 10.9 Å². The predicted molar refractivity (Wildman–Crippen MR) is 133 cm³/mol. The number of methoxy groups -OCH3 is 1. The third-order valence-electron chi connectivity index (χ3n) is 6.20. The van der Waals surface area contributed by atoms with E-state index in [1.165, 1.54) is 21.7 Å². The van der Waals surface area contributed by atoms with Gasteiger partial charge < -0.3 is 14.4 Å². The molecule has 1 atom stereocenters. The van der Waals surface area contributed by atoms with E-state index in [1.54, 1.807) is 18.1 Å². The number of hydrogen-bond donors (Lipinski definition) is 0. The maximum Gasteiger partial charge on any atom is 0.274 e. The molecule has 12 heteroatoms. The van der Waals surface area contributed by atoms with E-state index < -0.39 is 16.1 Å². The molecule has 0 radical (unpaired) electrons. The average Bonchev–Trinajstić information content (AvgIpc) is 3.58. The van der Waals surface area contributed by atoms with Crippen molar-refractivity contribution >= 4 is 60.4 Å². The summed E-state index contributed by atoms with van der Waals surface area (Å²) in [5, 5.41) is 0.607. The molecule has 34 heavy (non-hydrogen) atoms. The molecule has 2 fully saturated rings. The van der Waals surface area contributed by atoms with Crippen LogP contribution in [0.1, 0.15) is 25.7 Å². The van der Waals surface area contributed by atoms with Crippen LogP contribution in [-0.4, -0.2) is 67.4 Å². The van der Waals surface area contributed by atoms with Gasteiger partial charge in [0.2, 0.25) is 5.91 Å². The second kappa shape index (κ2) is 9.62. The van der Waals surface area contributed by atoms with Crippen LogP contribution in [0.4, 0.5) is 0 Å². The number of fused-ring (bicyclic) bond motifs is 1. The minimum Gasteiger partial charge on any atom is -0.497 e. The van der Waals surface area contributed by atoms with E-state index in [1.807, 2.05) is 18.2 Å². The molecule has 182 valence electrons. The van der Waals surface area contributed by atoms with Gasteiger partial charge in [0.15, 0.2) is 0 Å². The molecule has 2 saturated heterocycles. The van der Waals surface area contributed by atoms with Crippen molar-refractivity contribution in [3.05, 3.63) is 34.7 Å². The van der Waals surface area contributed by atoms with Gasteiger partial charge in [-0.25, -0.2) is 13.4 Å². The first kappa shape index (κ1) is 23.8. The van der Waals surface area contributed by atoms with E-state index in [0.717, 1.165) is 27.3 Å². The zero-order valence-corrected chi connectivity index (χ0v) is 21.7. The number of aromatic nitrogens is 1. The van der Waals surface area contributed by atoms with Gasteiger partial charge >= 0.3 is 0 Å². The van der Waals surface area contributed by atoms with Crippen LogP contribution >= 0.6 is 34.3 Å². The minimum atomic E-state index is -3.74. The Morgan fingerprint density at radius 3 is 2.62 bits per heavy atom. The van der Waals surface area contributed by atoms with Crippen molar-refractivity contribution in [3.8, 4) is 10.9 Å². The van der Waals surface area contributed by atoms with E-state index in [4.69, 9.17) is 21.1 Å². The number of amides is 1. The van der Waals surface area contributed by atoms with Crippen LogP contribution in [0.2, 0.25) is 4.34 Å². The highest BCUT2D eigenvalue weighted by molar-refractivity contribution is 7.91. The Morgan fingerprint density at radius 2 is 1.91 bits per heavy atom. The number of carbonyl (C=O) groups is 1. The molecule has 1 unspecified atom stereocenters. The van der Waals surface area contributed by atoms with Crippen molar-refractivity contribution in [2.75, 3.05) is 26.7 Å². The third kappa shape index (κ3) is 4.64. The van der Waals surface area contributed by atoms with Crippen molar-refractivity contribution < 1.29 is 22.7 Å². The van der Waals surface area contributed by atoms with Gasteiger partial charge in [-0.1, -0.05) is 22.9 Å². The van der Waals surface area contributed by atoms with Gasteiger partial charge in [0.1, 0.15) is 22.1 Å². The van der Waals surface area contributed by atoms with E-state index in [9.17, 15) is 13.2 Å². The number of piperidine rings is 1. The largest absolute Gasteiger partial charge is 0.497 e. The fourth-order valence-corrected chi connectivity index (χ4v) is 8.61. The molecule has 4 heterocycles. The molecule has 0 aliphatic carbocycles. The zero-order chi connectivity index (χ0) is 23.9. The smallest absolute Gasteiger partial charge is 0.274 e. The number of thiazole rings is 1. The molecule has 8 nitrogen and oxygen atoms in total. The molecular weight excluding hydrogens is 518 g/mol. The third-order valence-corrected chi connectivity index (χ3v) is 10.7. The van der Waals surface area contributed by atoms with Gasteiger partial charge in [0.05, 0.1) is 21.7 Å². The summed E-state index contributed by atoms with van der Waals surface area (Å²) in [6, 6.07) is 8.12. The van der Waals surface area contributed by atoms with Gasteiger partial charge in [0, 0.05) is 32.5 Å². The number of halogens is 1. The molecule has 2 aliphatic heterocycles. The van der Waals surface area contributed by atoms with E-state index >= 15 is 0 Å². The van der Waals surface area contributed by atoms with E-state index in [0.29, 0.717) is 54.8 Å². The standard InChI is InChI=1S/C22H24ClN3O5S3/c1-30-15-4-5-16-18(13-15)32-22(24-16)31-14-8-11-25(12-9-14)21(27)17-3-2-10-26(17)34(28,29)20-7-6-19(23)33-20/h4-7,13-14,17H,2-3,8-12H2,1H3. The quantitative estimate of drug-likeness (QED) is 0.463. The summed E-state index contributed by atoms with van der Waals surface area (Å²) in [7, 11) is -2.11. The van der Waals surface area contributed by atoms with Crippen LogP contribution < -0.4 is 9.47 Å². The summed E-state index contributed by atoms with van der Waals surface area (Å²) in [4.78, 5) is 19.6. The average molecular weight is 542 g/mol. The van der Waals surface area contributed by atoms with Crippen LogP contribution in [-0.2, 0) is 14.8 Å². The first-order valence-corrected chi connectivity index (χ1v) is 14.5. The summed E-state index contributed by atoms with van der Waals surface area (Å²) in [6.45, 7) is 1.39. The first-order chi connectivity index (χ1) is 16.3. The number of thiophene rings is 1. The molecular formula is C22H24ClN3O5S3. The lowest BCUT2D eigenvalue weighted by molar-refractivity contribution is -0.136. The number of rotatable bonds is 6. The van der Waals surface area contributed by atoms with Crippen LogP contribution in [0.25, 0.3) is 10.2 Å². The highest BCUT2D eigenvalue weighted by Crippen LogP contribution is 2.34. The normalized spacial score (nSPS) is 20.2. The van der Waals surface area contributed by atoms with Gasteiger partial charge in [-0.3, -0.25) is 4.79 Å². The molecule has 0 bridgehead atoms. The molecule has 0 N–H and O–H groups in total. The maximum atomic E-state index is 13.3. The molecule has 0 spiro atoms. The lowest BCUT2D eigenvalue weighted by atomic mass is 10.1. The highest BCUT2D eigenvalue weighted by Gasteiger charge is 2.42. The number of nitrogens with zero attached hydrogens (tertiary/aromatic N) is 3. The number of likely N-dealkylation sites (tertiary alicyclic amines) is 1. The Hall–Kier alpha value is -1.92. The maximum absolute atomic E-state index is 13.3. The minimum absolute atomic E-state index is 0.0387. The van der Waals surface area contributed by atoms with Crippen molar-refractivity contribution in [3.63, 3.8) is 0 Å². The Balaban J connectivity index is 1.21. The molecule has 3 aromatic rings. The van der Waals surface area contributed by atoms with Crippen LogP contribution in [0.15, 0.2) is 34.5 Å². The molecule has 2 aliphatic rings. The second-order valence-electron chi connectivity index (χ2n) is 8.29. The number of sulfonamides is 1. The molecule has 1 aromatic carbocycles. The summed E-state index contributed by atoms with van der Waals surface area (Å²) < 4.78 is 40.5. The van der Waals surface area contributed by atoms with Crippen molar-refractivity contribution in [2.45, 2.75) is 42.0 Å². The van der Waals surface area contributed by atoms with E-state index in [2.05, 4.69) is 4.98 Å². The van der Waals surface area contributed by atoms with Crippen molar-refractivity contribution in [2.24, 2.45) is 0 Å². The monoisotopic (exact) mass is 541 g/mol.